The van der Waals surface area contributed by atoms with Crippen LogP contribution in [0.1, 0.15) is 11.3 Å². The molecule has 3 aromatic heterocycles. The molecule has 1 atom stereocenters. The molecule has 3 N–H and O–H groups in total. The van der Waals surface area contributed by atoms with Crippen LogP contribution >= 0.6 is 0 Å². The number of benzene rings is 1. The summed E-state index contributed by atoms with van der Waals surface area (Å²) in [6.45, 7) is 0. The molecule has 4 aromatic rings. The largest absolute Gasteiger partial charge is 0.496 e. The van der Waals surface area contributed by atoms with Gasteiger partial charge in [0.2, 0.25) is 5.88 Å². The van der Waals surface area contributed by atoms with Crippen LogP contribution in [0.25, 0.3) is 17.1 Å². The Morgan fingerprint density at radius 3 is 2.38 bits per heavy atom. The third kappa shape index (κ3) is 4.01. The number of primary sulfonamides is 1. The van der Waals surface area contributed by atoms with E-state index in [1.54, 1.807) is 47.0 Å². The minimum absolute atomic E-state index is 0.0807. The molecule has 1 aliphatic heterocycles. The van der Waals surface area contributed by atoms with E-state index in [-0.39, 0.29) is 22.7 Å². The lowest BCUT2D eigenvalue weighted by Crippen LogP contribution is -2.51. The predicted molar refractivity (Wildman–Crippen MR) is 134 cm³/mol. The number of aromatic nitrogens is 5. The molecular formula is C23H22N8O5S. The number of nitrogens with two attached hydrogens (primary N) is 1. The molecule has 1 unspecified atom stereocenters. The molecule has 13 nitrogen and oxygen atoms in total. The van der Waals surface area contributed by atoms with Crippen molar-refractivity contribution >= 4 is 27.0 Å². The zero-order valence-corrected chi connectivity index (χ0v) is 20.8. The lowest BCUT2D eigenvalue weighted by molar-refractivity contribution is 0.392. The molecule has 0 saturated carbocycles. The minimum Gasteiger partial charge on any atom is -0.496 e. The van der Waals surface area contributed by atoms with E-state index < -0.39 is 15.0 Å². The lowest BCUT2D eigenvalue weighted by Gasteiger charge is -2.30. The number of fused-ring (bicyclic) bond motifs is 1. The van der Waals surface area contributed by atoms with E-state index >= 15 is 0 Å². The number of allylic oxidation sites excluding steroid dienone is 1. The maximum atomic E-state index is 13.1. The van der Waals surface area contributed by atoms with Gasteiger partial charge in [-0.1, -0.05) is 12.1 Å². The van der Waals surface area contributed by atoms with Crippen molar-refractivity contribution in [3.8, 4) is 23.2 Å². The summed E-state index contributed by atoms with van der Waals surface area (Å²) in [4.78, 5) is 19.9. The van der Waals surface area contributed by atoms with Crippen molar-refractivity contribution < 1.29 is 22.6 Å². The smallest absolute Gasteiger partial charge is 0.292 e. The van der Waals surface area contributed by atoms with Crippen LogP contribution in [0.4, 0.5) is 0 Å². The number of nitrogens with zero attached hydrogens (tertiary/aromatic N) is 6. The number of methoxy groups -OCH3 is 3. The highest BCUT2D eigenvalue weighted by Crippen LogP contribution is 2.35. The van der Waals surface area contributed by atoms with Gasteiger partial charge in [0, 0.05) is 12.3 Å². The van der Waals surface area contributed by atoms with Gasteiger partial charge in [-0.25, -0.2) is 33.5 Å². The van der Waals surface area contributed by atoms with Crippen molar-refractivity contribution in [2.45, 2.75) is 4.99 Å². The summed E-state index contributed by atoms with van der Waals surface area (Å²) in [7, 11) is 0.0203. The molecule has 0 saturated heterocycles. The Morgan fingerprint density at radius 2 is 1.70 bits per heavy atom. The fourth-order valence-electron chi connectivity index (χ4n) is 3.91. The first-order chi connectivity index (χ1) is 17.8. The van der Waals surface area contributed by atoms with E-state index in [4.69, 9.17) is 19.3 Å². The summed E-state index contributed by atoms with van der Waals surface area (Å²) < 4.78 is 43.9. The van der Waals surface area contributed by atoms with Crippen LogP contribution in [0.2, 0.25) is 0 Å². The Balaban J connectivity index is 1.73. The van der Waals surface area contributed by atoms with Crippen molar-refractivity contribution in [1.29, 1.82) is 0 Å². The number of imidazole rings is 1. The summed E-state index contributed by atoms with van der Waals surface area (Å²) in [5, 5.41) is 8.52. The summed E-state index contributed by atoms with van der Waals surface area (Å²) in [5.74, 6) is 1.68. The zero-order chi connectivity index (χ0) is 26.2. The van der Waals surface area contributed by atoms with Gasteiger partial charge in [-0.15, -0.1) is 0 Å². The summed E-state index contributed by atoms with van der Waals surface area (Å²) in [6.07, 6.45) is 5.74. The van der Waals surface area contributed by atoms with Crippen molar-refractivity contribution in [2.24, 2.45) is 10.1 Å². The van der Waals surface area contributed by atoms with Gasteiger partial charge in [0.1, 0.15) is 29.3 Å². The van der Waals surface area contributed by atoms with Crippen LogP contribution in [-0.4, -0.2) is 60.0 Å². The SMILES string of the molecule is COc1cccc(-n2cnc3ncc(C4(S(N)(=O)=O)N=C(c5c(OC)cccc5OC)C=CN4)nc32)n1. The highest BCUT2D eigenvalue weighted by molar-refractivity contribution is 7.90. The number of nitrogens with one attached hydrogen (secondary N) is 1. The molecule has 0 aliphatic carbocycles. The van der Waals surface area contributed by atoms with E-state index in [1.165, 1.54) is 40.1 Å². The Kier molecular flexibility index (Phi) is 5.97. The summed E-state index contributed by atoms with van der Waals surface area (Å²) in [5.41, 5.74) is 1.11. The number of aliphatic imine (C=N–C) groups is 1. The predicted octanol–water partition coefficient (Wildman–Crippen LogP) is 1.24. The monoisotopic (exact) mass is 522 g/mol. The van der Waals surface area contributed by atoms with E-state index in [0.29, 0.717) is 28.8 Å². The van der Waals surface area contributed by atoms with E-state index in [2.05, 4.69) is 30.2 Å². The van der Waals surface area contributed by atoms with E-state index in [9.17, 15) is 8.42 Å². The van der Waals surface area contributed by atoms with Gasteiger partial charge in [0.25, 0.3) is 15.0 Å². The van der Waals surface area contributed by atoms with E-state index in [0.717, 1.165) is 0 Å². The fraction of sp³-hybridized carbons (Fsp3) is 0.174. The van der Waals surface area contributed by atoms with Gasteiger partial charge in [0.05, 0.1) is 38.8 Å². The third-order valence-electron chi connectivity index (χ3n) is 5.66. The molecule has 0 fully saturated rings. The van der Waals surface area contributed by atoms with Crippen LogP contribution < -0.4 is 24.7 Å². The number of ether oxygens (including phenoxy) is 3. The molecule has 0 bridgehead atoms. The van der Waals surface area contributed by atoms with Crippen molar-refractivity contribution in [3.63, 3.8) is 0 Å². The minimum atomic E-state index is -4.46. The summed E-state index contributed by atoms with van der Waals surface area (Å²) in [6, 6.07) is 10.3. The second kappa shape index (κ2) is 9.15. The molecule has 0 amide bonds. The van der Waals surface area contributed by atoms with Gasteiger partial charge in [-0.05, 0) is 24.3 Å². The number of rotatable bonds is 7. The first-order valence-electron chi connectivity index (χ1n) is 10.8. The molecule has 4 heterocycles. The highest BCUT2D eigenvalue weighted by atomic mass is 32.2. The quantitative estimate of drug-likeness (QED) is 0.360. The fourth-order valence-corrected chi connectivity index (χ4v) is 4.76. The molecule has 0 radical (unpaired) electrons. The van der Waals surface area contributed by atoms with Crippen molar-refractivity contribution in [2.75, 3.05) is 21.3 Å². The molecule has 0 spiro atoms. The Labute approximate surface area is 211 Å². The number of hydrogen-bond acceptors (Lipinski definition) is 11. The average Bonchev–Trinajstić information content (AvgIpc) is 3.35. The second-order valence-electron chi connectivity index (χ2n) is 7.76. The number of pyridine rings is 1. The first kappa shape index (κ1) is 24.1. The van der Waals surface area contributed by atoms with Gasteiger partial charge in [-0.2, -0.15) is 4.98 Å². The van der Waals surface area contributed by atoms with Crippen LogP contribution in [0.5, 0.6) is 17.4 Å². The number of hydrogen-bond donors (Lipinski definition) is 2. The Hall–Kier alpha value is -4.56. The van der Waals surface area contributed by atoms with Gasteiger partial charge in [0.15, 0.2) is 11.3 Å². The average molecular weight is 523 g/mol. The van der Waals surface area contributed by atoms with Crippen LogP contribution in [0.15, 0.2) is 66.2 Å². The lowest BCUT2D eigenvalue weighted by atomic mass is 10.1. The van der Waals surface area contributed by atoms with Gasteiger partial charge < -0.3 is 19.5 Å². The zero-order valence-electron chi connectivity index (χ0n) is 20.0. The maximum absolute atomic E-state index is 13.1. The van der Waals surface area contributed by atoms with E-state index in [1.807, 2.05) is 0 Å². The number of sulfonamides is 1. The second-order valence-corrected chi connectivity index (χ2v) is 9.44. The highest BCUT2D eigenvalue weighted by Gasteiger charge is 2.47. The molecule has 37 heavy (non-hydrogen) atoms. The standard InChI is InChI=1S/C23H22N8O5S/c1-34-15-6-4-7-16(35-2)20(15)14-10-11-27-23(30-14,37(24,32)33)17-12-25-21-22(28-17)31(13-26-21)18-8-5-9-19(29-18)36-3/h4-13,27H,1-3H3,(H2,24,32,33). The van der Waals surface area contributed by atoms with Crippen molar-refractivity contribution in [1.82, 2.24) is 29.8 Å². The molecule has 190 valence electrons. The van der Waals surface area contributed by atoms with Crippen LogP contribution in [0.3, 0.4) is 0 Å². The topological polar surface area (TPSA) is 169 Å². The third-order valence-corrected chi connectivity index (χ3v) is 6.91. The summed E-state index contributed by atoms with van der Waals surface area (Å²) >= 11 is 0. The normalized spacial score (nSPS) is 17.2. The maximum Gasteiger partial charge on any atom is 0.292 e. The van der Waals surface area contributed by atoms with Crippen LogP contribution in [-0.2, 0) is 15.0 Å². The van der Waals surface area contributed by atoms with Gasteiger partial charge >= 0.3 is 0 Å². The molecule has 5 rings (SSSR count). The Bertz CT molecular complexity index is 1640. The van der Waals surface area contributed by atoms with Crippen molar-refractivity contribution in [3.05, 3.63) is 72.5 Å². The van der Waals surface area contributed by atoms with Crippen LogP contribution in [0, 0.1) is 0 Å². The first-order valence-corrected chi connectivity index (χ1v) is 12.4. The molecule has 1 aromatic carbocycles. The molecule has 14 heteroatoms. The molecular weight excluding hydrogens is 500 g/mol. The Morgan fingerprint density at radius 1 is 0.973 bits per heavy atom. The molecule has 1 aliphatic rings. The van der Waals surface area contributed by atoms with Gasteiger partial charge in [-0.3, -0.25) is 4.57 Å².